The number of aryl methyl sites for hydroxylation is 1. The summed E-state index contributed by atoms with van der Waals surface area (Å²) in [5, 5.41) is 0. The molecule has 0 saturated heterocycles. The Morgan fingerprint density at radius 1 is 1.19 bits per heavy atom. The van der Waals surface area contributed by atoms with E-state index in [2.05, 4.69) is 20.6 Å². The molecule has 0 bridgehead atoms. The molecule has 3 aromatic rings. The van der Waals surface area contributed by atoms with Crippen molar-refractivity contribution < 1.29 is 0 Å². The highest BCUT2D eigenvalue weighted by Gasteiger charge is 2.08. The average molecular weight is 208 g/mol. The minimum absolute atomic E-state index is 0.785. The maximum Gasteiger partial charge on any atom is 0.178 e. The molecule has 1 aromatic carbocycles. The van der Waals surface area contributed by atoms with E-state index in [4.69, 9.17) is 0 Å². The maximum absolute atomic E-state index is 4.43. The summed E-state index contributed by atoms with van der Waals surface area (Å²) in [4.78, 5) is 8.68. The Hall–Kier alpha value is -2.16. The fraction of sp³-hybridized carbons (Fsp3) is 0.0769. The van der Waals surface area contributed by atoms with E-state index in [1.807, 2.05) is 43.3 Å². The molecule has 3 heteroatoms. The summed E-state index contributed by atoms with van der Waals surface area (Å²) in [6.45, 7) is 1.98. The molecule has 2 aromatic heterocycles. The van der Waals surface area contributed by atoms with E-state index in [0.29, 0.717) is 0 Å². The smallest absolute Gasteiger partial charge is 0.178 e. The molecular weight excluding hydrogens is 198 g/mol. The van der Waals surface area contributed by atoms with Gasteiger partial charge in [-0.15, -0.1) is 0 Å². The predicted molar refractivity (Wildman–Crippen MR) is 62.4 cm³/mol. The van der Waals surface area contributed by atoms with E-state index >= 15 is 0 Å². The van der Waals surface area contributed by atoms with Gasteiger partial charge in [0.25, 0.3) is 0 Å². The van der Waals surface area contributed by atoms with Gasteiger partial charge in [0.15, 0.2) is 5.65 Å². The van der Waals surface area contributed by atoms with Crippen LogP contribution in [-0.2, 0) is 0 Å². The van der Waals surface area contributed by atoms with Crippen LogP contribution in [0.4, 0.5) is 0 Å². The minimum atomic E-state index is 0.785. The number of aromatic nitrogens is 3. The van der Waals surface area contributed by atoms with Gasteiger partial charge in [-0.2, -0.15) is 0 Å². The first-order valence-corrected chi connectivity index (χ1v) is 5.13. The van der Waals surface area contributed by atoms with Gasteiger partial charge in [0.05, 0.1) is 5.52 Å². The predicted octanol–water partition coefficient (Wildman–Crippen LogP) is 2.53. The van der Waals surface area contributed by atoms with Crippen molar-refractivity contribution in [3.63, 3.8) is 0 Å². The van der Waals surface area contributed by atoms with E-state index in [0.717, 1.165) is 22.7 Å². The van der Waals surface area contributed by atoms with Crippen LogP contribution in [0.25, 0.3) is 16.9 Å². The Balaban J connectivity index is 2.35. The van der Waals surface area contributed by atoms with Gasteiger partial charge in [0.1, 0.15) is 5.82 Å². The van der Waals surface area contributed by atoms with E-state index in [-0.39, 0.29) is 0 Å². The van der Waals surface area contributed by atoms with Crippen LogP contribution in [0.15, 0.2) is 42.6 Å². The maximum atomic E-state index is 4.43. The lowest BCUT2D eigenvalue weighted by molar-refractivity contribution is 1.00. The highest BCUT2D eigenvalue weighted by atomic mass is 15.1. The number of hydrogen-bond acceptors (Lipinski definition) is 2. The third-order valence-electron chi connectivity index (χ3n) is 2.56. The van der Waals surface area contributed by atoms with Crippen LogP contribution in [0.3, 0.4) is 0 Å². The molecule has 0 N–H and O–H groups in total. The number of hydrogen-bond donors (Lipinski definition) is 0. The third-order valence-corrected chi connectivity index (χ3v) is 2.56. The van der Waals surface area contributed by atoms with Gasteiger partial charge < -0.3 is 0 Å². The quantitative estimate of drug-likeness (QED) is 0.615. The fourth-order valence-corrected chi connectivity index (χ4v) is 1.88. The summed E-state index contributed by atoms with van der Waals surface area (Å²) in [5.41, 5.74) is 2.91. The van der Waals surface area contributed by atoms with Gasteiger partial charge >= 0.3 is 0 Å². The summed E-state index contributed by atoms with van der Waals surface area (Å²) in [5.74, 6) is 0.944. The zero-order chi connectivity index (χ0) is 11.0. The lowest BCUT2D eigenvalue weighted by atomic mass is 10.3. The van der Waals surface area contributed by atoms with Crippen LogP contribution in [-0.4, -0.2) is 14.5 Å². The van der Waals surface area contributed by atoms with Crippen LogP contribution in [0.1, 0.15) is 5.82 Å². The molecule has 0 amide bonds. The second-order valence-corrected chi connectivity index (χ2v) is 3.60. The molecule has 0 unspecified atom stereocenters. The van der Waals surface area contributed by atoms with Crippen LogP contribution >= 0.6 is 0 Å². The molecule has 3 rings (SSSR count). The number of pyridine rings is 1. The Labute approximate surface area is 93.4 Å². The lowest BCUT2D eigenvalue weighted by Gasteiger charge is -2.05. The zero-order valence-electron chi connectivity index (χ0n) is 8.88. The molecule has 3 nitrogen and oxygen atoms in total. The Bertz CT molecular complexity index is 626. The molecule has 1 radical (unpaired) electrons. The van der Waals surface area contributed by atoms with Crippen molar-refractivity contribution in [3.8, 4) is 5.69 Å². The van der Waals surface area contributed by atoms with E-state index < -0.39 is 0 Å². The van der Waals surface area contributed by atoms with Gasteiger partial charge in [-0.05, 0) is 37.3 Å². The SMILES string of the molecule is Cc1nc2ncccc2n1-c1cc[c]cc1. The van der Waals surface area contributed by atoms with Crippen molar-refractivity contribution in [3.05, 3.63) is 54.5 Å². The monoisotopic (exact) mass is 208 g/mol. The summed E-state index contributed by atoms with van der Waals surface area (Å²) < 4.78 is 2.09. The number of nitrogens with zero attached hydrogens (tertiary/aromatic N) is 3. The first-order chi connectivity index (χ1) is 7.86. The van der Waals surface area contributed by atoms with Crippen molar-refractivity contribution in [2.45, 2.75) is 6.92 Å². The third kappa shape index (κ3) is 1.29. The van der Waals surface area contributed by atoms with E-state index in [1.54, 1.807) is 6.20 Å². The highest BCUT2D eigenvalue weighted by Crippen LogP contribution is 2.18. The lowest BCUT2D eigenvalue weighted by Crippen LogP contribution is -1.95. The topological polar surface area (TPSA) is 30.7 Å². The number of fused-ring (bicyclic) bond motifs is 1. The van der Waals surface area contributed by atoms with Crippen molar-refractivity contribution in [2.24, 2.45) is 0 Å². The van der Waals surface area contributed by atoms with Crippen molar-refractivity contribution in [1.29, 1.82) is 0 Å². The van der Waals surface area contributed by atoms with Gasteiger partial charge in [0, 0.05) is 11.9 Å². The van der Waals surface area contributed by atoms with E-state index in [1.165, 1.54) is 0 Å². The number of imidazole rings is 1. The van der Waals surface area contributed by atoms with Crippen LogP contribution in [0.5, 0.6) is 0 Å². The number of rotatable bonds is 1. The van der Waals surface area contributed by atoms with Gasteiger partial charge in [-0.3, -0.25) is 4.57 Å². The first kappa shape index (κ1) is 9.09. The molecule has 0 aliphatic carbocycles. The molecule has 16 heavy (non-hydrogen) atoms. The second kappa shape index (κ2) is 3.45. The normalized spacial score (nSPS) is 10.8. The molecular formula is C13H10N3. The van der Waals surface area contributed by atoms with Crippen LogP contribution in [0.2, 0.25) is 0 Å². The van der Waals surface area contributed by atoms with Gasteiger partial charge in [-0.25, -0.2) is 9.97 Å². The Kier molecular flexibility index (Phi) is 1.96. The largest absolute Gasteiger partial charge is 0.295 e. The Morgan fingerprint density at radius 3 is 2.81 bits per heavy atom. The minimum Gasteiger partial charge on any atom is -0.295 e. The molecule has 0 saturated carbocycles. The average Bonchev–Trinajstić information content (AvgIpc) is 2.66. The first-order valence-electron chi connectivity index (χ1n) is 5.13. The highest BCUT2D eigenvalue weighted by molar-refractivity contribution is 5.74. The van der Waals surface area contributed by atoms with Crippen molar-refractivity contribution >= 4 is 11.2 Å². The van der Waals surface area contributed by atoms with E-state index in [9.17, 15) is 0 Å². The molecule has 0 atom stereocenters. The molecule has 2 heterocycles. The zero-order valence-corrected chi connectivity index (χ0v) is 8.88. The van der Waals surface area contributed by atoms with Gasteiger partial charge in [0.2, 0.25) is 0 Å². The van der Waals surface area contributed by atoms with Gasteiger partial charge in [-0.1, -0.05) is 12.1 Å². The van der Waals surface area contributed by atoms with Crippen molar-refractivity contribution in [1.82, 2.24) is 14.5 Å². The second-order valence-electron chi connectivity index (χ2n) is 3.60. The fourth-order valence-electron chi connectivity index (χ4n) is 1.88. The summed E-state index contributed by atoms with van der Waals surface area (Å²) in [6.07, 6.45) is 1.76. The Morgan fingerprint density at radius 2 is 2.00 bits per heavy atom. The molecule has 0 spiro atoms. The summed E-state index contributed by atoms with van der Waals surface area (Å²) in [7, 11) is 0. The standard InChI is InChI=1S/C13H10N3/c1-10-15-13-12(8-5-9-14-13)16(10)11-6-3-2-4-7-11/h3-9H,1H3. The van der Waals surface area contributed by atoms with Crippen LogP contribution < -0.4 is 0 Å². The summed E-state index contributed by atoms with van der Waals surface area (Å²) in [6, 6.07) is 14.8. The summed E-state index contributed by atoms with van der Waals surface area (Å²) >= 11 is 0. The molecule has 77 valence electrons. The molecule has 0 aliphatic heterocycles. The number of benzene rings is 1. The molecule has 0 fully saturated rings. The molecule has 0 aliphatic rings. The van der Waals surface area contributed by atoms with Crippen molar-refractivity contribution in [2.75, 3.05) is 0 Å². The van der Waals surface area contributed by atoms with Crippen LogP contribution in [0, 0.1) is 13.0 Å².